The summed E-state index contributed by atoms with van der Waals surface area (Å²) in [6.07, 6.45) is 4.42. The molecule has 0 radical (unpaired) electrons. The van der Waals surface area contributed by atoms with Crippen LogP contribution in [0.2, 0.25) is 0 Å². The molecule has 0 spiro atoms. The third-order valence-corrected chi connectivity index (χ3v) is 5.66. The second-order valence-electron chi connectivity index (χ2n) is 4.64. The van der Waals surface area contributed by atoms with Crippen molar-refractivity contribution < 1.29 is 8.42 Å². The van der Waals surface area contributed by atoms with E-state index in [2.05, 4.69) is 0 Å². The van der Waals surface area contributed by atoms with E-state index in [9.17, 15) is 8.42 Å². The smallest absolute Gasteiger partial charge is 0.181 e. The van der Waals surface area contributed by atoms with Crippen LogP contribution in [-0.2, 0) is 16.3 Å². The van der Waals surface area contributed by atoms with Gasteiger partial charge in [-0.1, -0.05) is 25.0 Å². The van der Waals surface area contributed by atoms with Crippen molar-refractivity contribution in [2.45, 2.75) is 42.2 Å². The van der Waals surface area contributed by atoms with Gasteiger partial charge in [-0.15, -0.1) is 0 Å². The third-order valence-electron chi connectivity index (χ3n) is 3.40. The minimum absolute atomic E-state index is 0.171. The molecule has 0 saturated heterocycles. The lowest BCUT2D eigenvalue weighted by molar-refractivity contribution is 0.579. The van der Waals surface area contributed by atoms with Gasteiger partial charge in [0.1, 0.15) is 0 Å². The maximum Gasteiger partial charge on any atom is 0.181 e. The summed E-state index contributed by atoms with van der Waals surface area (Å²) in [5.74, 6) is 0. The number of rotatable bonds is 4. The molecule has 1 aliphatic carbocycles. The fourth-order valence-electron chi connectivity index (χ4n) is 2.44. The molecule has 1 aromatic rings. The molecular weight excluding hydrogens is 234 g/mol. The molecule has 1 fully saturated rings. The molecule has 1 aromatic carbocycles. The Hall–Kier alpha value is -0.870. The summed E-state index contributed by atoms with van der Waals surface area (Å²) in [6.45, 7) is 0.549. The van der Waals surface area contributed by atoms with Crippen molar-refractivity contribution in [2.24, 2.45) is 5.73 Å². The van der Waals surface area contributed by atoms with Crippen molar-refractivity contribution in [3.05, 3.63) is 29.8 Å². The maximum atomic E-state index is 12.4. The van der Waals surface area contributed by atoms with Gasteiger partial charge in [0.25, 0.3) is 0 Å². The minimum atomic E-state index is -3.12. The predicted molar refractivity (Wildman–Crippen MR) is 68.6 cm³/mol. The van der Waals surface area contributed by atoms with Crippen LogP contribution < -0.4 is 5.73 Å². The highest BCUT2D eigenvalue weighted by Gasteiger charge is 2.30. The van der Waals surface area contributed by atoms with Crippen molar-refractivity contribution in [1.82, 2.24) is 0 Å². The molecule has 0 heterocycles. The zero-order valence-electron chi connectivity index (χ0n) is 9.93. The SMILES string of the molecule is NCCc1cccc(S(=O)(=O)C2CCCC2)c1. The largest absolute Gasteiger partial charge is 0.330 e. The average Bonchev–Trinajstić information content (AvgIpc) is 2.84. The standard InChI is InChI=1S/C13H19NO2S/c14-9-8-11-4-3-7-13(10-11)17(15,16)12-5-1-2-6-12/h3-4,7,10,12H,1-2,5-6,8-9,14H2. The van der Waals surface area contributed by atoms with E-state index in [1.165, 1.54) is 0 Å². The maximum absolute atomic E-state index is 12.4. The Morgan fingerprint density at radius 2 is 1.94 bits per heavy atom. The summed E-state index contributed by atoms with van der Waals surface area (Å²) in [5.41, 5.74) is 6.50. The van der Waals surface area contributed by atoms with Crippen LogP contribution in [0.5, 0.6) is 0 Å². The van der Waals surface area contributed by atoms with E-state index < -0.39 is 9.84 Å². The van der Waals surface area contributed by atoms with Gasteiger partial charge in [-0.3, -0.25) is 0 Å². The predicted octanol–water partition coefficient (Wildman–Crippen LogP) is 1.90. The molecule has 0 aliphatic heterocycles. The van der Waals surface area contributed by atoms with Gasteiger partial charge < -0.3 is 5.73 Å². The number of hydrogen-bond acceptors (Lipinski definition) is 3. The molecule has 0 bridgehead atoms. The lowest BCUT2D eigenvalue weighted by Crippen LogP contribution is -2.18. The first-order chi connectivity index (χ1) is 8.14. The van der Waals surface area contributed by atoms with Gasteiger partial charge in [0.15, 0.2) is 9.84 Å². The number of nitrogens with two attached hydrogens (primary N) is 1. The first-order valence-corrected chi connectivity index (χ1v) is 7.72. The average molecular weight is 253 g/mol. The second-order valence-corrected chi connectivity index (χ2v) is 6.87. The Morgan fingerprint density at radius 1 is 1.24 bits per heavy atom. The van der Waals surface area contributed by atoms with Crippen LogP contribution in [0.3, 0.4) is 0 Å². The van der Waals surface area contributed by atoms with Gasteiger partial charge in [0.05, 0.1) is 10.1 Å². The molecule has 4 heteroatoms. The summed E-state index contributed by atoms with van der Waals surface area (Å²) in [7, 11) is -3.12. The van der Waals surface area contributed by atoms with Crippen LogP contribution in [0.1, 0.15) is 31.2 Å². The summed E-state index contributed by atoms with van der Waals surface area (Å²) >= 11 is 0. The van der Waals surface area contributed by atoms with Gasteiger partial charge in [0, 0.05) is 0 Å². The lowest BCUT2D eigenvalue weighted by Gasteiger charge is -2.12. The summed E-state index contributed by atoms with van der Waals surface area (Å²) < 4.78 is 24.7. The molecule has 2 N–H and O–H groups in total. The van der Waals surface area contributed by atoms with Crippen molar-refractivity contribution in [3.8, 4) is 0 Å². The Kier molecular flexibility index (Phi) is 3.84. The van der Waals surface area contributed by atoms with Crippen LogP contribution in [0.15, 0.2) is 29.2 Å². The van der Waals surface area contributed by atoms with Crippen molar-refractivity contribution in [3.63, 3.8) is 0 Å². The Morgan fingerprint density at radius 3 is 2.59 bits per heavy atom. The molecule has 0 unspecified atom stereocenters. The summed E-state index contributed by atoms with van der Waals surface area (Å²) in [4.78, 5) is 0.468. The number of hydrogen-bond donors (Lipinski definition) is 1. The van der Waals surface area contributed by atoms with E-state index in [-0.39, 0.29) is 5.25 Å². The molecular formula is C13H19NO2S. The Bertz CT molecular complexity index is 476. The second kappa shape index (κ2) is 5.19. The van der Waals surface area contributed by atoms with Crippen LogP contribution in [0.4, 0.5) is 0 Å². The Labute approximate surface area is 103 Å². The highest BCUT2D eigenvalue weighted by Crippen LogP contribution is 2.29. The first-order valence-electron chi connectivity index (χ1n) is 6.17. The lowest BCUT2D eigenvalue weighted by atomic mass is 10.2. The quantitative estimate of drug-likeness (QED) is 0.891. The zero-order valence-corrected chi connectivity index (χ0v) is 10.7. The van der Waals surface area contributed by atoms with Crippen LogP contribution in [0.25, 0.3) is 0 Å². The molecule has 17 heavy (non-hydrogen) atoms. The van der Waals surface area contributed by atoms with Gasteiger partial charge in [-0.05, 0) is 43.5 Å². The minimum Gasteiger partial charge on any atom is -0.330 e. The van der Waals surface area contributed by atoms with Crippen LogP contribution >= 0.6 is 0 Å². The normalized spacial score (nSPS) is 17.5. The van der Waals surface area contributed by atoms with E-state index in [0.717, 1.165) is 37.7 Å². The number of benzene rings is 1. The third kappa shape index (κ3) is 2.69. The van der Waals surface area contributed by atoms with Gasteiger partial charge in [0.2, 0.25) is 0 Å². The molecule has 94 valence electrons. The van der Waals surface area contributed by atoms with Crippen molar-refractivity contribution >= 4 is 9.84 Å². The van der Waals surface area contributed by atoms with E-state index in [4.69, 9.17) is 5.73 Å². The van der Waals surface area contributed by atoms with Crippen LogP contribution in [0, 0.1) is 0 Å². The van der Waals surface area contributed by atoms with E-state index >= 15 is 0 Å². The Balaban J connectivity index is 2.29. The van der Waals surface area contributed by atoms with E-state index in [1.807, 2.05) is 12.1 Å². The van der Waals surface area contributed by atoms with Gasteiger partial charge in [-0.2, -0.15) is 0 Å². The van der Waals surface area contributed by atoms with Crippen molar-refractivity contribution in [1.29, 1.82) is 0 Å². The molecule has 1 saturated carbocycles. The fraction of sp³-hybridized carbons (Fsp3) is 0.538. The topological polar surface area (TPSA) is 60.2 Å². The van der Waals surface area contributed by atoms with Gasteiger partial charge >= 0.3 is 0 Å². The van der Waals surface area contributed by atoms with Crippen molar-refractivity contribution in [2.75, 3.05) is 6.54 Å². The number of sulfone groups is 1. The zero-order chi connectivity index (χ0) is 12.3. The highest BCUT2D eigenvalue weighted by atomic mass is 32.2. The summed E-state index contributed by atoms with van der Waals surface area (Å²) in [6, 6.07) is 7.22. The van der Waals surface area contributed by atoms with E-state index in [1.54, 1.807) is 12.1 Å². The molecule has 0 atom stereocenters. The fourth-order valence-corrected chi connectivity index (χ4v) is 4.36. The van der Waals surface area contributed by atoms with Gasteiger partial charge in [-0.25, -0.2) is 8.42 Å². The summed E-state index contributed by atoms with van der Waals surface area (Å²) in [5, 5.41) is -0.171. The van der Waals surface area contributed by atoms with Crippen LogP contribution in [-0.4, -0.2) is 20.2 Å². The molecule has 3 nitrogen and oxygen atoms in total. The molecule has 1 aliphatic rings. The van der Waals surface area contributed by atoms with E-state index in [0.29, 0.717) is 11.4 Å². The molecule has 2 rings (SSSR count). The molecule has 0 amide bonds. The monoisotopic (exact) mass is 253 g/mol. The molecule has 0 aromatic heterocycles. The highest BCUT2D eigenvalue weighted by molar-refractivity contribution is 7.92. The first kappa shape index (κ1) is 12.6.